The second-order valence-electron chi connectivity index (χ2n) is 3.56. The Balaban J connectivity index is 2.32. The summed E-state index contributed by atoms with van der Waals surface area (Å²) in [5.74, 6) is -0.00670. The maximum absolute atomic E-state index is 13.9. The summed E-state index contributed by atoms with van der Waals surface area (Å²) in [6, 6.07) is 6.28. The van der Waals surface area contributed by atoms with Crippen LogP contribution in [0.4, 0.5) is 4.39 Å². The Labute approximate surface area is 115 Å². The van der Waals surface area contributed by atoms with E-state index in [9.17, 15) is 4.39 Å². The third kappa shape index (κ3) is 1.77. The van der Waals surface area contributed by atoms with Crippen molar-refractivity contribution in [2.45, 2.75) is 0 Å². The number of nitrogens with zero attached hydrogens (tertiary/aromatic N) is 4. The van der Waals surface area contributed by atoms with Gasteiger partial charge in [-0.15, -0.1) is 10.2 Å². The molecule has 2 heterocycles. The zero-order valence-electron chi connectivity index (χ0n) is 8.81. The number of hydrogen-bond acceptors (Lipinski definition) is 3. The lowest BCUT2D eigenvalue weighted by molar-refractivity contribution is 0.629. The van der Waals surface area contributed by atoms with E-state index in [0.717, 1.165) is 0 Å². The molecule has 0 fully saturated rings. The number of rotatable bonds is 1. The minimum atomic E-state index is -0.381. The van der Waals surface area contributed by atoms with Gasteiger partial charge in [-0.1, -0.05) is 17.7 Å². The number of halogens is 3. The molecule has 0 spiro atoms. The average molecular weight is 328 g/mol. The molecule has 0 saturated carbocycles. The summed E-state index contributed by atoms with van der Waals surface area (Å²) in [5, 5.41) is 8.23. The first-order chi connectivity index (χ1) is 8.66. The molecule has 0 aliphatic rings. The van der Waals surface area contributed by atoms with Gasteiger partial charge in [-0.25, -0.2) is 9.37 Å². The van der Waals surface area contributed by atoms with Gasteiger partial charge >= 0.3 is 0 Å². The topological polar surface area (TPSA) is 43.1 Å². The van der Waals surface area contributed by atoms with Crippen LogP contribution in [0.5, 0.6) is 0 Å². The van der Waals surface area contributed by atoms with Crippen LogP contribution < -0.4 is 0 Å². The average Bonchev–Trinajstić information content (AvgIpc) is 2.72. The molecule has 0 amide bonds. The Kier molecular flexibility index (Phi) is 2.76. The van der Waals surface area contributed by atoms with Crippen LogP contribution in [0.3, 0.4) is 0 Å². The van der Waals surface area contributed by atoms with E-state index in [1.54, 1.807) is 22.6 Å². The van der Waals surface area contributed by atoms with Crippen LogP contribution in [0.2, 0.25) is 5.15 Å². The quantitative estimate of drug-likeness (QED) is 0.644. The molecule has 3 rings (SSSR count). The molecule has 0 N–H and O–H groups in total. The van der Waals surface area contributed by atoms with Crippen LogP contribution in [0, 0.1) is 5.82 Å². The zero-order chi connectivity index (χ0) is 12.7. The van der Waals surface area contributed by atoms with Crippen molar-refractivity contribution in [3.05, 3.63) is 46.0 Å². The first-order valence-corrected chi connectivity index (χ1v) is 6.14. The number of benzene rings is 1. The monoisotopic (exact) mass is 326 g/mol. The van der Waals surface area contributed by atoms with Crippen molar-refractivity contribution in [2.75, 3.05) is 0 Å². The molecule has 90 valence electrons. The van der Waals surface area contributed by atoms with E-state index in [2.05, 4.69) is 31.1 Å². The van der Waals surface area contributed by atoms with E-state index in [1.807, 2.05) is 0 Å². The molecule has 0 aliphatic carbocycles. The standard InChI is InChI=1S/C11H5BrClFN4/c12-6-2-1-3-7(14)10(6)11-17-16-9-4-8(13)15-5-18(9)11/h1-5H. The van der Waals surface area contributed by atoms with Gasteiger partial charge in [0.2, 0.25) is 0 Å². The zero-order valence-corrected chi connectivity index (χ0v) is 11.2. The molecular formula is C11H5BrClFN4. The van der Waals surface area contributed by atoms with Crippen molar-refractivity contribution < 1.29 is 4.39 Å². The van der Waals surface area contributed by atoms with E-state index < -0.39 is 0 Å². The second-order valence-corrected chi connectivity index (χ2v) is 4.80. The fourth-order valence-corrected chi connectivity index (χ4v) is 2.31. The Morgan fingerprint density at radius 1 is 1.28 bits per heavy atom. The molecule has 0 unspecified atom stereocenters. The molecule has 0 radical (unpaired) electrons. The Bertz CT molecular complexity index is 723. The lowest BCUT2D eigenvalue weighted by Crippen LogP contribution is -1.94. The number of aromatic nitrogens is 4. The number of fused-ring (bicyclic) bond motifs is 1. The maximum atomic E-state index is 13.9. The highest BCUT2D eigenvalue weighted by atomic mass is 79.9. The molecule has 0 atom stereocenters. The van der Waals surface area contributed by atoms with Gasteiger partial charge in [0.1, 0.15) is 17.3 Å². The fourth-order valence-electron chi connectivity index (χ4n) is 1.65. The molecule has 18 heavy (non-hydrogen) atoms. The highest BCUT2D eigenvalue weighted by Crippen LogP contribution is 2.29. The first kappa shape index (κ1) is 11.6. The summed E-state index contributed by atoms with van der Waals surface area (Å²) in [6.07, 6.45) is 1.46. The van der Waals surface area contributed by atoms with Crippen LogP contribution in [0.15, 0.2) is 35.1 Å². The van der Waals surface area contributed by atoms with Crippen molar-refractivity contribution in [1.29, 1.82) is 0 Å². The predicted molar refractivity (Wildman–Crippen MR) is 68.9 cm³/mol. The van der Waals surface area contributed by atoms with Gasteiger partial charge in [0.15, 0.2) is 11.5 Å². The van der Waals surface area contributed by atoms with Crippen LogP contribution >= 0.6 is 27.5 Å². The Morgan fingerprint density at radius 3 is 2.89 bits per heavy atom. The van der Waals surface area contributed by atoms with E-state index >= 15 is 0 Å². The highest BCUT2D eigenvalue weighted by Gasteiger charge is 2.15. The smallest absolute Gasteiger partial charge is 0.173 e. The third-order valence-corrected chi connectivity index (χ3v) is 3.32. The summed E-state index contributed by atoms with van der Waals surface area (Å²) in [7, 11) is 0. The molecular weight excluding hydrogens is 323 g/mol. The van der Waals surface area contributed by atoms with Gasteiger partial charge in [-0.2, -0.15) is 0 Å². The van der Waals surface area contributed by atoms with Gasteiger partial charge in [-0.05, 0) is 28.1 Å². The molecule has 0 saturated heterocycles. The van der Waals surface area contributed by atoms with Crippen molar-refractivity contribution in [1.82, 2.24) is 19.6 Å². The van der Waals surface area contributed by atoms with E-state index in [4.69, 9.17) is 11.6 Å². The van der Waals surface area contributed by atoms with Crippen molar-refractivity contribution >= 4 is 33.2 Å². The largest absolute Gasteiger partial charge is 0.265 e. The van der Waals surface area contributed by atoms with Gasteiger partial charge in [0, 0.05) is 10.5 Å². The highest BCUT2D eigenvalue weighted by molar-refractivity contribution is 9.10. The Morgan fingerprint density at radius 2 is 2.11 bits per heavy atom. The summed E-state index contributed by atoms with van der Waals surface area (Å²) < 4.78 is 16.0. The van der Waals surface area contributed by atoms with Crippen molar-refractivity contribution in [2.24, 2.45) is 0 Å². The molecule has 2 aromatic heterocycles. The molecule has 0 aliphatic heterocycles. The van der Waals surface area contributed by atoms with E-state index in [1.165, 1.54) is 12.4 Å². The van der Waals surface area contributed by atoms with Crippen molar-refractivity contribution in [3.63, 3.8) is 0 Å². The predicted octanol–water partition coefficient (Wildman–Crippen LogP) is 3.35. The van der Waals surface area contributed by atoms with Gasteiger partial charge in [0.05, 0.1) is 5.56 Å². The van der Waals surface area contributed by atoms with Crippen LogP contribution in [0.25, 0.3) is 17.0 Å². The molecule has 4 nitrogen and oxygen atoms in total. The minimum Gasteiger partial charge on any atom is -0.265 e. The molecule has 0 bridgehead atoms. The minimum absolute atomic E-state index is 0.314. The lowest BCUT2D eigenvalue weighted by atomic mass is 10.2. The molecule has 7 heteroatoms. The summed E-state index contributed by atoms with van der Waals surface area (Å²) in [5.41, 5.74) is 0.856. The lowest BCUT2D eigenvalue weighted by Gasteiger charge is -2.03. The maximum Gasteiger partial charge on any atom is 0.173 e. The number of hydrogen-bond donors (Lipinski definition) is 0. The third-order valence-electron chi connectivity index (χ3n) is 2.45. The van der Waals surface area contributed by atoms with Crippen molar-refractivity contribution in [3.8, 4) is 11.4 Å². The fraction of sp³-hybridized carbons (Fsp3) is 0. The van der Waals surface area contributed by atoms with Crippen LogP contribution in [-0.4, -0.2) is 19.6 Å². The molecule has 3 aromatic rings. The van der Waals surface area contributed by atoms with Gasteiger partial charge in [-0.3, -0.25) is 4.40 Å². The SMILES string of the molecule is Fc1cccc(Br)c1-c1nnc2cc(Cl)ncn12. The summed E-state index contributed by atoms with van der Waals surface area (Å²) in [4.78, 5) is 3.94. The van der Waals surface area contributed by atoms with Gasteiger partial charge in [0.25, 0.3) is 0 Å². The Hall–Kier alpha value is -1.53. The second kappa shape index (κ2) is 4.29. The summed E-state index contributed by atoms with van der Waals surface area (Å²) >= 11 is 9.06. The summed E-state index contributed by atoms with van der Waals surface area (Å²) in [6.45, 7) is 0. The first-order valence-electron chi connectivity index (χ1n) is 4.97. The van der Waals surface area contributed by atoms with E-state index in [0.29, 0.717) is 26.7 Å². The normalized spacial score (nSPS) is 11.1. The van der Waals surface area contributed by atoms with Crippen LogP contribution in [-0.2, 0) is 0 Å². The molecule has 1 aromatic carbocycles. The van der Waals surface area contributed by atoms with Gasteiger partial charge < -0.3 is 0 Å². The van der Waals surface area contributed by atoms with E-state index in [-0.39, 0.29) is 5.82 Å². The van der Waals surface area contributed by atoms with Crippen LogP contribution in [0.1, 0.15) is 0 Å².